The minimum atomic E-state index is -0.248. The van der Waals surface area contributed by atoms with Crippen LogP contribution in [-0.2, 0) is 9.53 Å². The highest BCUT2D eigenvalue weighted by Crippen LogP contribution is 2.22. The number of piperazine rings is 1. The van der Waals surface area contributed by atoms with E-state index in [4.69, 9.17) is 16.3 Å². The summed E-state index contributed by atoms with van der Waals surface area (Å²) >= 11 is 6.30. The van der Waals surface area contributed by atoms with E-state index in [1.54, 1.807) is 29.2 Å². The SMILES string of the molecule is Cc1ccc(-c2ccc(N3CCN(C(=O)CN(CC4CCCO4)C(=O)c4ccccc4Cl)CC3)nn2)cc1. The number of carbonyl (C=O) groups excluding carboxylic acids is 2. The van der Waals surface area contributed by atoms with Crippen molar-refractivity contribution < 1.29 is 14.3 Å². The van der Waals surface area contributed by atoms with E-state index in [9.17, 15) is 9.59 Å². The summed E-state index contributed by atoms with van der Waals surface area (Å²) in [6.07, 6.45) is 1.78. The number of hydrogen-bond acceptors (Lipinski definition) is 6. The van der Waals surface area contributed by atoms with Crippen molar-refractivity contribution in [2.45, 2.75) is 25.9 Å². The standard InChI is InChI=1S/C29H32ClN5O3/c1-21-8-10-22(11-9-21)26-12-13-27(32-31-26)33-14-16-34(17-15-33)28(36)20-35(19-23-5-4-18-38-23)29(37)24-6-2-3-7-25(24)30/h2-3,6-13,23H,4-5,14-20H2,1H3. The van der Waals surface area contributed by atoms with Gasteiger partial charge < -0.3 is 19.4 Å². The second-order valence-electron chi connectivity index (χ2n) is 9.81. The van der Waals surface area contributed by atoms with Crippen molar-refractivity contribution in [1.29, 1.82) is 0 Å². The lowest BCUT2D eigenvalue weighted by Gasteiger charge is -2.36. The summed E-state index contributed by atoms with van der Waals surface area (Å²) in [4.78, 5) is 32.2. The lowest BCUT2D eigenvalue weighted by Crippen LogP contribution is -2.52. The Bertz CT molecular complexity index is 1250. The molecule has 0 aliphatic carbocycles. The average molecular weight is 534 g/mol. The van der Waals surface area contributed by atoms with Gasteiger partial charge in [0.1, 0.15) is 6.54 Å². The van der Waals surface area contributed by atoms with Gasteiger partial charge in [-0.1, -0.05) is 53.6 Å². The fourth-order valence-corrected chi connectivity index (χ4v) is 5.10. The highest BCUT2D eigenvalue weighted by molar-refractivity contribution is 6.33. The van der Waals surface area contributed by atoms with Crippen LogP contribution < -0.4 is 4.90 Å². The van der Waals surface area contributed by atoms with Crippen molar-refractivity contribution in [2.75, 3.05) is 50.8 Å². The number of anilines is 1. The molecule has 1 atom stereocenters. The molecular weight excluding hydrogens is 502 g/mol. The van der Waals surface area contributed by atoms with E-state index in [0.717, 1.165) is 29.9 Å². The molecule has 0 N–H and O–H groups in total. The molecule has 8 nitrogen and oxygen atoms in total. The van der Waals surface area contributed by atoms with Gasteiger partial charge in [0.2, 0.25) is 5.91 Å². The van der Waals surface area contributed by atoms with Crippen LogP contribution in [0.2, 0.25) is 5.02 Å². The molecule has 2 saturated heterocycles. The van der Waals surface area contributed by atoms with Crippen molar-refractivity contribution in [2.24, 2.45) is 0 Å². The number of amides is 2. The highest BCUT2D eigenvalue weighted by Gasteiger charge is 2.29. The normalized spacial score (nSPS) is 17.5. The zero-order chi connectivity index (χ0) is 26.5. The second-order valence-corrected chi connectivity index (χ2v) is 10.2. The van der Waals surface area contributed by atoms with Crippen LogP contribution in [0.5, 0.6) is 0 Å². The Morgan fingerprint density at radius 1 is 1.00 bits per heavy atom. The molecule has 3 aromatic rings. The van der Waals surface area contributed by atoms with Crippen molar-refractivity contribution in [3.05, 3.63) is 76.8 Å². The predicted octanol–water partition coefficient (Wildman–Crippen LogP) is 4.08. The maximum atomic E-state index is 13.3. The van der Waals surface area contributed by atoms with Crippen LogP contribution in [-0.4, -0.2) is 83.8 Å². The molecule has 1 unspecified atom stereocenters. The first-order chi connectivity index (χ1) is 18.5. The van der Waals surface area contributed by atoms with Crippen LogP contribution in [0.25, 0.3) is 11.3 Å². The Labute approximate surface area is 228 Å². The fraction of sp³-hybridized carbons (Fsp3) is 0.379. The van der Waals surface area contributed by atoms with Crippen LogP contribution in [0.15, 0.2) is 60.7 Å². The van der Waals surface area contributed by atoms with Gasteiger partial charge in [-0.2, -0.15) is 0 Å². The number of nitrogens with zero attached hydrogens (tertiary/aromatic N) is 5. The van der Waals surface area contributed by atoms with Crippen LogP contribution in [0, 0.1) is 6.92 Å². The number of aromatic nitrogens is 2. The van der Waals surface area contributed by atoms with E-state index in [0.29, 0.717) is 49.9 Å². The molecule has 2 aliphatic heterocycles. The number of carbonyl (C=O) groups is 2. The molecule has 2 fully saturated rings. The van der Waals surface area contributed by atoms with Gasteiger partial charge in [0.15, 0.2) is 5.82 Å². The molecule has 2 amide bonds. The van der Waals surface area contributed by atoms with Crippen LogP contribution in [0.3, 0.4) is 0 Å². The van der Waals surface area contributed by atoms with E-state index in [2.05, 4.69) is 34.2 Å². The first-order valence-corrected chi connectivity index (χ1v) is 13.4. The van der Waals surface area contributed by atoms with Gasteiger partial charge >= 0.3 is 0 Å². The number of ether oxygens (including phenoxy) is 1. The fourth-order valence-electron chi connectivity index (χ4n) is 4.88. The van der Waals surface area contributed by atoms with Crippen LogP contribution in [0.4, 0.5) is 5.82 Å². The Kier molecular flexibility index (Phi) is 8.20. The molecule has 5 rings (SSSR count). The van der Waals surface area contributed by atoms with Gasteiger partial charge in [-0.15, -0.1) is 10.2 Å². The molecule has 0 saturated carbocycles. The van der Waals surface area contributed by atoms with Gasteiger partial charge in [0.05, 0.1) is 22.4 Å². The molecule has 38 heavy (non-hydrogen) atoms. The van der Waals surface area contributed by atoms with Gasteiger partial charge in [0, 0.05) is 44.9 Å². The monoisotopic (exact) mass is 533 g/mol. The van der Waals surface area contributed by atoms with Gasteiger partial charge in [-0.05, 0) is 44.0 Å². The third-order valence-corrected chi connectivity index (χ3v) is 7.45. The van der Waals surface area contributed by atoms with Crippen molar-refractivity contribution in [3.8, 4) is 11.3 Å². The summed E-state index contributed by atoms with van der Waals surface area (Å²) in [6.45, 7) is 5.50. The molecule has 198 valence electrons. The number of benzene rings is 2. The quantitative estimate of drug-likeness (QED) is 0.455. The number of aryl methyl sites for hydroxylation is 1. The minimum absolute atomic E-state index is 0.00499. The Morgan fingerprint density at radius 3 is 2.42 bits per heavy atom. The minimum Gasteiger partial charge on any atom is -0.376 e. The first-order valence-electron chi connectivity index (χ1n) is 13.1. The Hall–Kier alpha value is -3.49. The molecule has 0 spiro atoms. The second kappa shape index (κ2) is 11.9. The van der Waals surface area contributed by atoms with Crippen molar-refractivity contribution >= 4 is 29.2 Å². The maximum absolute atomic E-state index is 13.3. The smallest absolute Gasteiger partial charge is 0.255 e. The van der Waals surface area contributed by atoms with Gasteiger partial charge in [-0.3, -0.25) is 9.59 Å². The first kappa shape index (κ1) is 26.1. The molecule has 2 aliphatic rings. The van der Waals surface area contributed by atoms with Gasteiger partial charge in [0.25, 0.3) is 5.91 Å². The van der Waals surface area contributed by atoms with E-state index in [1.165, 1.54) is 5.56 Å². The molecule has 1 aromatic heterocycles. The lowest BCUT2D eigenvalue weighted by atomic mass is 10.1. The van der Waals surface area contributed by atoms with Crippen molar-refractivity contribution in [3.63, 3.8) is 0 Å². The summed E-state index contributed by atoms with van der Waals surface area (Å²) in [7, 11) is 0. The largest absolute Gasteiger partial charge is 0.376 e. The molecule has 9 heteroatoms. The summed E-state index contributed by atoms with van der Waals surface area (Å²) in [6, 6.07) is 19.1. The van der Waals surface area contributed by atoms with E-state index in [1.807, 2.05) is 29.2 Å². The highest BCUT2D eigenvalue weighted by atomic mass is 35.5. The average Bonchev–Trinajstić information content (AvgIpc) is 3.46. The summed E-state index contributed by atoms with van der Waals surface area (Å²) in [5.74, 6) is 0.466. The van der Waals surface area contributed by atoms with E-state index < -0.39 is 0 Å². The predicted molar refractivity (Wildman–Crippen MR) is 147 cm³/mol. The summed E-state index contributed by atoms with van der Waals surface area (Å²) in [5.41, 5.74) is 3.47. The maximum Gasteiger partial charge on any atom is 0.255 e. The zero-order valence-corrected chi connectivity index (χ0v) is 22.3. The van der Waals surface area contributed by atoms with Crippen LogP contribution in [0.1, 0.15) is 28.8 Å². The number of hydrogen-bond donors (Lipinski definition) is 0. The van der Waals surface area contributed by atoms with Gasteiger partial charge in [-0.25, -0.2) is 0 Å². The molecular formula is C29H32ClN5O3. The van der Waals surface area contributed by atoms with E-state index >= 15 is 0 Å². The summed E-state index contributed by atoms with van der Waals surface area (Å²) in [5, 5.41) is 9.23. The third kappa shape index (κ3) is 6.14. The zero-order valence-electron chi connectivity index (χ0n) is 21.6. The number of halogens is 1. The molecule has 3 heterocycles. The van der Waals surface area contributed by atoms with Crippen molar-refractivity contribution in [1.82, 2.24) is 20.0 Å². The third-order valence-electron chi connectivity index (χ3n) is 7.12. The Balaban J connectivity index is 1.20. The molecule has 2 aromatic carbocycles. The lowest BCUT2D eigenvalue weighted by molar-refractivity contribution is -0.132. The number of rotatable bonds is 7. The summed E-state index contributed by atoms with van der Waals surface area (Å²) < 4.78 is 5.76. The molecule has 0 bridgehead atoms. The van der Waals surface area contributed by atoms with Crippen LogP contribution >= 0.6 is 11.6 Å². The van der Waals surface area contributed by atoms with E-state index in [-0.39, 0.29) is 24.5 Å². The Morgan fingerprint density at radius 2 is 1.76 bits per heavy atom. The topological polar surface area (TPSA) is 78.9 Å². The molecule has 0 radical (unpaired) electrons.